The maximum Gasteiger partial charge on any atom is 0.221 e. The highest BCUT2D eigenvalue weighted by Gasteiger charge is 2.15. The summed E-state index contributed by atoms with van der Waals surface area (Å²) in [7, 11) is 0. The van der Waals surface area contributed by atoms with Gasteiger partial charge in [0.25, 0.3) is 0 Å². The van der Waals surface area contributed by atoms with Gasteiger partial charge in [0.05, 0.1) is 12.3 Å². The van der Waals surface area contributed by atoms with Crippen LogP contribution in [0.25, 0.3) is 0 Å². The van der Waals surface area contributed by atoms with Gasteiger partial charge in [-0.1, -0.05) is 12.1 Å². The van der Waals surface area contributed by atoms with Crippen molar-refractivity contribution in [2.45, 2.75) is 13.3 Å². The molecule has 1 aromatic rings. The number of nitrogens with one attached hydrogen (secondary N) is 2. The van der Waals surface area contributed by atoms with E-state index < -0.39 is 0 Å². The number of carbonyl (C=O) groups excluding carboxylic acids is 1. The minimum atomic E-state index is -0.0800. The third kappa shape index (κ3) is 3.46. The first-order valence-electron chi connectivity index (χ1n) is 5.96. The maximum absolute atomic E-state index is 11.0. The predicted octanol–water partition coefficient (Wildman–Crippen LogP) is 1.63. The summed E-state index contributed by atoms with van der Waals surface area (Å²) in [6, 6.07) is 7.53. The Balaban J connectivity index is 1.96. The highest BCUT2D eigenvalue weighted by molar-refractivity contribution is 5.90. The quantitative estimate of drug-likeness (QED) is 0.832. The lowest BCUT2D eigenvalue weighted by molar-refractivity contribution is -0.114. The zero-order valence-electron chi connectivity index (χ0n) is 10.0. The number of hydrogen-bond acceptors (Lipinski definition) is 3. The molecule has 0 aromatic heterocycles. The molecule has 0 spiro atoms. The fourth-order valence-corrected chi connectivity index (χ4v) is 1.95. The van der Waals surface area contributed by atoms with Crippen LogP contribution >= 0.6 is 0 Å². The fourth-order valence-electron chi connectivity index (χ4n) is 1.95. The Hall–Kier alpha value is -1.55. The zero-order valence-corrected chi connectivity index (χ0v) is 10.0. The van der Waals surface area contributed by atoms with E-state index in [1.165, 1.54) is 6.92 Å². The van der Waals surface area contributed by atoms with Crippen molar-refractivity contribution >= 4 is 11.6 Å². The van der Waals surface area contributed by atoms with E-state index in [2.05, 4.69) is 10.6 Å². The molecule has 1 aliphatic rings. The Bertz CT molecular complexity index is 387. The summed E-state index contributed by atoms with van der Waals surface area (Å²) in [5, 5.41) is 6.07. The molecule has 1 aliphatic heterocycles. The Morgan fingerprint density at radius 2 is 2.35 bits per heavy atom. The largest absolute Gasteiger partial charge is 0.491 e. The summed E-state index contributed by atoms with van der Waals surface area (Å²) in [6.45, 7) is 4.28. The molecule has 1 atom stereocenters. The van der Waals surface area contributed by atoms with Gasteiger partial charge in [0, 0.05) is 19.4 Å². The van der Waals surface area contributed by atoms with Crippen LogP contribution in [0.4, 0.5) is 5.69 Å². The second-order valence-corrected chi connectivity index (χ2v) is 4.35. The predicted molar refractivity (Wildman–Crippen MR) is 67.2 cm³/mol. The molecule has 2 N–H and O–H groups in total. The van der Waals surface area contributed by atoms with E-state index in [9.17, 15) is 4.79 Å². The molecule has 0 radical (unpaired) electrons. The number of hydrogen-bond donors (Lipinski definition) is 2. The SMILES string of the molecule is CC(=O)Nc1ccccc1OCC1CCNC1. The van der Waals surface area contributed by atoms with E-state index in [-0.39, 0.29) is 5.91 Å². The van der Waals surface area contributed by atoms with Crippen LogP contribution in [0, 0.1) is 5.92 Å². The van der Waals surface area contributed by atoms with Crippen LogP contribution in [-0.4, -0.2) is 25.6 Å². The number of para-hydroxylation sites is 2. The van der Waals surface area contributed by atoms with Crippen molar-refractivity contribution in [3.8, 4) is 5.75 Å². The van der Waals surface area contributed by atoms with Gasteiger partial charge in [-0.15, -0.1) is 0 Å². The second kappa shape index (κ2) is 5.68. The molecular formula is C13H18N2O2. The lowest BCUT2D eigenvalue weighted by Crippen LogP contribution is -2.16. The number of anilines is 1. The first kappa shape index (κ1) is 11.9. The van der Waals surface area contributed by atoms with Crippen LogP contribution in [0.3, 0.4) is 0 Å². The monoisotopic (exact) mass is 234 g/mol. The molecule has 0 bridgehead atoms. The van der Waals surface area contributed by atoms with Crippen LogP contribution in [0.2, 0.25) is 0 Å². The second-order valence-electron chi connectivity index (χ2n) is 4.35. The van der Waals surface area contributed by atoms with Crippen LogP contribution in [0.1, 0.15) is 13.3 Å². The lowest BCUT2D eigenvalue weighted by Gasteiger charge is -2.14. The molecule has 1 amide bonds. The number of benzene rings is 1. The van der Waals surface area contributed by atoms with Gasteiger partial charge in [-0.25, -0.2) is 0 Å². The molecule has 4 heteroatoms. The summed E-state index contributed by atoms with van der Waals surface area (Å²) in [5.41, 5.74) is 0.742. The molecule has 4 nitrogen and oxygen atoms in total. The molecule has 1 saturated heterocycles. The van der Waals surface area contributed by atoms with Gasteiger partial charge >= 0.3 is 0 Å². The van der Waals surface area contributed by atoms with Gasteiger partial charge in [0.2, 0.25) is 5.91 Å². The Labute approximate surface area is 101 Å². The van der Waals surface area contributed by atoms with Gasteiger partial charge in [0.1, 0.15) is 5.75 Å². The molecule has 1 fully saturated rings. The molecule has 2 rings (SSSR count). The molecule has 92 valence electrons. The van der Waals surface area contributed by atoms with Gasteiger partial charge in [-0.2, -0.15) is 0 Å². The molecule has 1 heterocycles. The first-order chi connectivity index (χ1) is 8.25. The van der Waals surface area contributed by atoms with Crippen molar-refractivity contribution in [3.63, 3.8) is 0 Å². The van der Waals surface area contributed by atoms with Gasteiger partial charge in [-0.05, 0) is 25.1 Å². The van der Waals surface area contributed by atoms with E-state index >= 15 is 0 Å². The average molecular weight is 234 g/mol. The van der Waals surface area contributed by atoms with Crippen molar-refractivity contribution in [2.24, 2.45) is 5.92 Å². The third-order valence-corrected chi connectivity index (χ3v) is 2.83. The zero-order chi connectivity index (χ0) is 12.1. The molecule has 1 aromatic carbocycles. The number of ether oxygens (including phenoxy) is 1. The van der Waals surface area contributed by atoms with E-state index in [0.717, 1.165) is 30.9 Å². The van der Waals surface area contributed by atoms with Gasteiger partial charge in [0.15, 0.2) is 0 Å². The Morgan fingerprint density at radius 1 is 1.53 bits per heavy atom. The van der Waals surface area contributed by atoms with Crippen molar-refractivity contribution in [2.75, 3.05) is 25.0 Å². The summed E-state index contributed by atoms with van der Waals surface area (Å²) >= 11 is 0. The van der Waals surface area contributed by atoms with Crippen LogP contribution in [0.5, 0.6) is 5.75 Å². The summed E-state index contributed by atoms with van der Waals surface area (Å²) < 4.78 is 5.77. The molecule has 0 saturated carbocycles. The molecule has 1 unspecified atom stereocenters. The fraction of sp³-hybridized carbons (Fsp3) is 0.462. The first-order valence-corrected chi connectivity index (χ1v) is 5.96. The topological polar surface area (TPSA) is 50.4 Å². The molecule has 17 heavy (non-hydrogen) atoms. The van der Waals surface area contributed by atoms with E-state index in [1.807, 2.05) is 24.3 Å². The number of rotatable bonds is 4. The normalized spacial score (nSPS) is 19.0. The Kier molecular flexibility index (Phi) is 3.98. The average Bonchev–Trinajstić information content (AvgIpc) is 2.80. The van der Waals surface area contributed by atoms with Crippen molar-refractivity contribution in [3.05, 3.63) is 24.3 Å². The van der Waals surface area contributed by atoms with Gasteiger partial charge in [-0.3, -0.25) is 4.79 Å². The number of amides is 1. The summed E-state index contributed by atoms with van der Waals surface area (Å²) in [5.74, 6) is 1.23. The minimum Gasteiger partial charge on any atom is -0.491 e. The summed E-state index contributed by atoms with van der Waals surface area (Å²) in [4.78, 5) is 11.0. The maximum atomic E-state index is 11.0. The highest BCUT2D eigenvalue weighted by Crippen LogP contribution is 2.24. The van der Waals surface area contributed by atoms with Crippen molar-refractivity contribution < 1.29 is 9.53 Å². The van der Waals surface area contributed by atoms with E-state index in [1.54, 1.807) is 0 Å². The van der Waals surface area contributed by atoms with Crippen molar-refractivity contribution in [1.82, 2.24) is 5.32 Å². The molecule has 0 aliphatic carbocycles. The smallest absolute Gasteiger partial charge is 0.221 e. The van der Waals surface area contributed by atoms with Crippen LogP contribution in [-0.2, 0) is 4.79 Å². The van der Waals surface area contributed by atoms with Crippen LogP contribution in [0.15, 0.2) is 24.3 Å². The van der Waals surface area contributed by atoms with Crippen LogP contribution < -0.4 is 15.4 Å². The Morgan fingerprint density at radius 3 is 3.06 bits per heavy atom. The standard InChI is InChI=1S/C13H18N2O2/c1-10(16)15-12-4-2-3-5-13(12)17-9-11-6-7-14-8-11/h2-5,11,14H,6-9H2,1H3,(H,15,16). The third-order valence-electron chi connectivity index (χ3n) is 2.83. The van der Waals surface area contributed by atoms with E-state index in [0.29, 0.717) is 12.5 Å². The molecular weight excluding hydrogens is 216 g/mol. The van der Waals surface area contributed by atoms with E-state index in [4.69, 9.17) is 4.74 Å². The summed E-state index contributed by atoms with van der Waals surface area (Å²) in [6.07, 6.45) is 1.16. The van der Waals surface area contributed by atoms with Crippen molar-refractivity contribution in [1.29, 1.82) is 0 Å². The minimum absolute atomic E-state index is 0.0800. The highest BCUT2D eigenvalue weighted by atomic mass is 16.5. The lowest BCUT2D eigenvalue weighted by atomic mass is 10.1. The van der Waals surface area contributed by atoms with Gasteiger partial charge < -0.3 is 15.4 Å². The number of carbonyl (C=O) groups is 1.